The molecule has 3 aromatic rings. The largest absolute Gasteiger partial charge is 0.329 e. The molecule has 2 aromatic carbocycles. The van der Waals surface area contributed by atoms with Gasteiger partial charge in [0.15, 0.2) is 0 Å². The summed E-state index contributed by atoms with van der Waals surface area (Å²) in [7, 11) is 0. The van der Waals surface area contributed by atoms with Crippen LogP contribution in [0.1, 0.15) is 16.8 Å². The molecule has 4 rings (SSSR count). The zero-order chi connectivity index (χ0) is 19.7. The molecule has 0 saturated carbocycles. The first kappa shape index (κ1) is 17.7. The number of aryl methyl sites for hydroxylation is 1. The van der Waals surface area contributed by atoms with E-state index in [1.54, 1.807) is 24.3 Å². The number of hydrogen-bond acceptors (Lipinski definition) is 2. The molecule has 0 atom stereocenters. The van der Waals surface area contributed by atoms with Crippen molar-refractivity contribution >= 4 is 18.0 Å². The number of carbonyl (C=O) groups is 2. The fourth-order valence-corrected chi connectivity index (χ4v) is 3.18. The number of urea groups is 1. The number of imide groups is 1. The van der Waals surface area contributed by atoms with Crippen LogP contribution in [0.4, 0.5) is 9.18 Å². The van der Waals surface area contributed by atoms with E-state index in [4.69, 9.17) is 0 Å². The van der Waals surface area contributed by atoms with Crippen LogP contribution in [0.25, 0.3) is 11.8 Å². The van der Waals surface area contributed by atoms with Crippen LogP contribution in [0.3, 0.4) is 0 Å². The third-order valence-electron chi connectivity index (χ3n) is 4.60. The number of hydrogen-bond donors (Lipinski definition) is 1. The average molecular weight is 375 g/mol. The van der Waals surface area contributed by atoms with E-state index in [9.17, 15) is 14.0 Å². The minimum Gasteiger partial charge on any atom is -0.317 e. The highest BCUT2D eigenvalue weighted by Gasteiger charge is 2.34. The van der Waals surface area contributed by atoms with Crippen LogP contribution >= 0.6 is 0 Å². The quantitative estimate of drug-likeness (QED) is 0.553. The maximum atomic E-state index is 13.9. The lowest BCUT2D eigenvalue weighted by atomic mass is 10.2. The highest BCUT2D eigenvalue weighted by molar-refractivity contribution is 6.13. The molecule has 6 heteroatoms. The number of nitrogens with one attached hydrogen (secondary N) is 1. The monoisotopic (exact) mass is 375 g/mol. The second kappa shape index (κ2) is 7.15. The van der Waals surface area contributed by atoms with Crippen molar-refractivity contribution in [2.45, 2.75) is 13.5 Å². The summed E-state index contributed by atoms with van der Waals surface area (Å²) < 4.78 is 15.8. The Balaban J connectivity index is 1.62. The van der Waals surface area contributed by atoms with Gasteiger partial charge in [-0.05, 0) is 48.9 Å². The van der Waals surface area contributed by atoms with Gasteiger partial charge in [0.2, 0.25) is 0 Å². The number of nitrogens with zero attached hydrogens (tertiary/aromatic N) is 2. The van der Waals surface area contributed by atoms with Gasteiger partial charge in [0.25, 0.3) is 5.91 Å². The van der Waals surface area contributed by atoms with Gasteiger partial charge in [0.1, 0.15) is 11.5 Å². The molecule has 1 N–H and O–H groups in total. The van der Waals surface area contributed by atoms with Crippen LogP contribution < -0.4 is 5.32 Å². The number of benzene rings is 2. The van der Waals surface area contributed by atoms with Crippen molar-refractivity contribution in [2.24, 2.45) is 0 Å². The summed E-state index contributed by atoms with van der Waals surface area (Å²) in [6, 6.07) is 17.2. The third-order valence-corrected chi connectivity index (χ3v) is 4.60. The molecule has 5 nitrogen and oxygen atoms in total. The fraction of sp³-hybridized carbons (Fsp3) is 0.0909. The summed E-state index contributed by atoms with van der Waals surface area (Å²) in [6.45, 7) is 1.89. The summed E-state index contributed by atoms with van der Waals surface area (Å²) in [4.78, 5) is 26.0. The van der Waals surface area contributed by atoms with Gasteiger partial charge in [-0.1, -0.05) is 30.3 Å². The van der Waals surface area contributed by atoms with Crippen molar-refractivity contribution < 1.29 is 14.0 Å². The summed E-state index contributed by atoms with van der Waals surface area (Å²) in [5, 5.41) is 2.58. The topological polar surface area (TPSA) is 54.3 Å². The molecule has 3 amide bonds. The molecular formula is C22H18FN3O2. The first-order chi connectivity index (χ1) is 13.5. The zero-order valence-electron chi connectivity index (χ0n) is 15.2. The van der Waals surface area contributed by atoms with Gasteiger partial charge in [-0.25, -0.2) is 9.18 Å². The number of aromatic nitrogens is 1. The van der Waals surface area contributed by atoms with Gasteiger partial charge >= 0.3 is 6.03 Å². The molecule has 1 aliphatic rings. The van der Waals surface area contributed by atoms with Crippen LogP contribution in [0.15, 0.2) is 72.6 Å². The summed E-state index contributed by atoms with van der Waals surface area (Å²) >= 11 is 0. The fourth-order valence-electron chi connectivity index (χ4n) is 3.18. The minimum atomic E-state index is -0.562. The van der Waals surface area contributed by atoms with Crippen molar-refractivity contribution in [2.75, 3.05) is 0 Å². The van der Waals surface area contributed by atoms with Crippen LogP contribution in [-0.2, 0) is 11.3 Å². The molecule has 28 heavy (non-hydrogen) atoms. The van der Waals surface area contributed by atoms with E-state index in [1.165, 1.54) is 6.07 Å². The van der Waals surface area contributed by atoms with Crippen LogP contribution in [0, 0.1) is 12.7 Å². The van der Waals surface area contributed by atoms with Gasteiger partial charge in [-0.2, -0.15) is 0 Å². The number of carbonyl (C=O) groups excluding carboxylic acids is 2. The minimum absolute atomic E-state index is 0.117. The Labute approximate surface area is 161 Å². The highest BCUT2D eigenvalue weighted by Crippen LogP contribution is 2.20. The van der Waals surface area contributed by atoms with E-state index in [0.29, 0.717) is 0 Å². The molecule has 1 aromatic heterocycles. The Bertz CT molecular complexity index is 1100. The van der Waals surface area contributed by atoms with Crippen molar-refractivity contribution in [1.29, 1.82) is 0 Å². The molecule has 0 bridgehead atoms. The van der Waals surface area contributed by atoms with Gasteiger partial charge in [-0.15, -0.1) is 0 Å². The van der Waals surface area contributed by atoms with Gasteiger partial charge in [-0.3, -0.25) is 9.69 Å². The van der Waals surface area contributed by atoms with Crippen molar-refractivity contribution in [3.63, 3.8) is 0 Å². The Hall–Kier alpha value is -3.67. The average Bonchev–Trinajstić information content (AvgIpc) is 3.24. The maximum Gasteiger partial charge on any atom is 0.329 e. The lowest BCUT2D eigenvalue weighted by molar-refractivity contribution is -0.123. The van der Waals surface area contributed by atoms with E-state index in [-0.39, 0.29) is 17.8 Å². The smallest absolute Gasteiger partial charge is 0.317 e. The zero-order valence-corrected chi connectivity index (χ0v) is 15.2. The Morgan fingerprint density at radius 2 is 1.86 bits per heavy atom. The van der Waals surface area contributed by atoms with E-state index >= 15 is 0 Å². The van der Waals surface area contributed by atoms with Crippen molar-refractivity contribution in [3.05, 3.63) is 95.2 Å². The predicted octanol–water partition coefficient (Wildman–Crippen LogP) is 4.02. The van der Waals surface area contributed by atoms with Crippen LogP contribution in [-0.4, -0.2) is 21.4 Å². The van der Waals surface area contributed by atoms with Crippen molar-refractivity contribution in [1.82, 2.24) is 14.8 Å². The number of rotatable bonds is 4. The Morgan fingerprint density at radius 3 is 2.64 bits per heavy atom. The SMILES string of the molecule is Cc1cccc(-n2cccc2/C=C2/NC(=O)N(Cc3ccccc3F)C2=O)c1. The standard InChI is InChI=1S/C22H18FN3O2/c1-15-6-4-8-17(12-15)25-11-5-9-18(25)13-20-21(27)26(22(28)24-20)14-16-7-2-3-10-19(16)23/h2-13H,14H2,1H3,(H,24,28)/b20-13+. The van der Waals surface area contributed by atoms with Gasteiger partial charge in [0.05, 0.1) is 6.54 Å². The van der Waals surface area contributed by atoms with Crippen LogP contribution in [0.5, 0.6) is 0 Å². The van der Waals surface area contributed by atoms with E-state index in [1.807, 2.05) is 54.1 Å². The second-order valence-electron chi connectivity index (χ2n) is 6.61. The normalized spacial score (nSPS) is 15.4. The molecule has 140 valence electrons. The Kier molecular flexibility index (Phi) is 4.53. The first-order valence-corrected chi connectivity index (χ1v) is 8.85. The number of amides is 3. The van der Waals surface area contributed by atoms with Gasteiger partial charge in [0, 0.05) is 23.1 Å². The molecule has 1 fully saturated rings. The first-order valence-electron chi connectivity index (χ1n) is 8.85. The molecule has 0 radical (unpaired) electrons. The molecule has 1 aliphatic heterocycles. The Morgan fingerprint density at radius 1 is 1.04 bits per heavy atom. The molecular weight excluding hydrogens is 357 g/mol. The molecule has 2 heterocycles. The molecule has 0 aliphatic carbocycles. The molecule has 0 spiro atoms. The summed E-state index contributed by atoms with van der Waals surface area (Å²) in [5.74, 6) is -0.931. The predicted molar refractivity (Wildman–Crippen MR) is 104 cm³/mol. The maximum absolute atomic E-state index is 13.9. The lowest BCUT2D eigenvalue weighted by Gasteiger charge is -2.12. The highest BCUT2D eigenvalue weighted by atomic mass is 19.1. The second-order valence-corrected chi connectivity index (χ2v) is 6.61. The molecule has 1 saturated heterocycles. The number of halogens is 1. The van der Waals surface area contributed by atoms with E-state index < -0.39 is 17.8 Å². The van der Waals surface area contributed by atoms with Crippen LogP contribution in [0.2, 0.25) is 0 Å². The third kappa shape index (κ3) is 3.32. The lowest BCUT2D eigenvalue weighted by Crippen LogP contribution is -2.30. The summed E-state index contributed by atoms with van der Waals surface area (Å²) in [5.41, 5.74) is 3.27. The van der Waals surface area contributed by atoms with Crippen molar-refractivity contribution in [3.8, 4) is 5.69 Å². The van der Waals surface area contributed by atoms with E-state index in [2.05, 4.69) is 5.32 Å². The van der Waals surface area contributed by atoms with Gasteiger partial charge < -0.3 is 9.88 Å². The molecule has 0 unspecified atom stereocenters. The van der Waals surface area contributed by atoms with E-state index in [0.717, 1.165) is 21.8 Å². The summed E-state index contributed by atoms with van der Waals surface area (Å²) in [6.07, 6.45) is 3.52.